The minimum absolute atomic E-state index is 0.0411. The number of amides is 1. The summed E-state index contributed by atoms with van der Waals surface area (Å²) in [7, 11) is -2.85. The quantitative estimate of drug-likeness (QED) is 0.188. The predicted molar refractivity (Wildman–Crippen MR) is 140 cm³/mol. The van der Waals surface area contributed by atoms with Gasteiger partial charge in [0.15, 0.2) is 23.2 Å². The smallest absolute Gasteiger partial charge is 0.301 e. The SMILES string of the molecule is COc1nc(-c2ccccc2)nc2c1ncn2[C@@H]1O[C@H](CCNS(=O)(=O)NC(=O)c2ccccc2O)[C@@H](O)[C@H]1O. The van der Waals surface area contributed by atoms with Gasteiger partial charge in [0, 0.05) is 12.1 Å². The molecule has 5 N–H and O–H groups in total. The van der Waals surface area contributed by atoms with Crippen molar-refractivity contribution < 1.29 is 38.0 Å². The highest BCUT2D eigenvalue weighted by Crippen LogP contribution is 2.34. The van der Waals surface area contributed by atoms with Crippen molar-refractivity contribution in [2.75, 3.05) is 13.7 Å². The Labute approximate surface area is 228 Å². The zero-order chi connectivity index (χ0) is 28.4. The first-order valence-corrected chi connectivity index (χ1v) is 13.6. The van der Waals surface area contributed by atoms with Gasteiger partial charge in [-0.25, -0.2) is 14.7 Å². The maximum Gasteiger partial charge on any atom is 0.301 e. The lowest BCUT2D eigenvalue weighted by Crippen LogP contribution is -2.42. The van der Waals surface area contributed by atoms with Gasteiger partial charge in [-0.2, -0.15) is 18.1 Å². The van der Waals surface area contributed by atoms with E-state index in [4.69, 9.17) is 9.47 Å². The molecule has 0 bridgehead atoms. The summed E-state index contributed by atoms with van der Waals surface area (Å²) in [4.78, 5) is 25.5. The van der Waals surface area contributed by atoms with Gasteiger partial charge in [-0.05, 0) is 18.6 Å². The number of aromatic nitrogens is 4. The third-order valence-corrected chi connectivity index (χ3v) is 7.36. The Kier molecular flexibility index (Phi) is 7.64. The molecule has 2 aromatic carbocycles. The number of carbonyl (C=O) groups is 1. The van der Waals surface area contributed by atoms with Crippen LogP contribution in [0.3, 0.4) is 0 Å². The average molecular weight is 571 g/mol. The van der Waals surface area contributed by atoms with Crippen molar-refractivity contribution >= 4 is 27.3 Å². The molecule has 4 atom stereocenters. The molecule has 210 valence electrons. The largest absolute Gasteiger partial charge is 0.507 e. The van der Waals surface area contributed by atoms with Crippen LogP contribution in [0.15, 0.2) is 60.9 Å². The second-order valence-electron chi connectivity index (χ2n) is 8.93. The van der Waals surface area contributed by atoms with E-state index in [1.54, 1.807) is 0 Å². The van der Waals surface area contributed by atoms with Crippen molar-refractivity contribution in [3.63, 3.8) is 0 Å². The van der Waals surface area contributed by atoms with Crippen molar-refractivity contribution in [2.45, 2.75) is 31.0 Å². The number of benzene rings is 2. The molecule has 0 spiro atoms. The predicted octanol–water partition coefficient (Wildman–Crippen LogP) is 0.481. The fourth-order valence-corrected chi connectivity index (χ4v) is 5.16. The van der Waals surface area contributed by atoms with Gasteiger partial charge in [-0.15, -0.1) is 0 Å². The Bertz CT molecular complexity index is 1630. The molecule has 4 aromatic rings. The van der Waals surface area contributed by atoms with Gasteiger partial charge in [0.1, 0.15) is 18.0 Å². The first kappa shape index (κ1) is 27.4. The molecule has 1 aliphatic rings. The Morgan fingerprint density at radius 1 is 1.07 bits per heavy atom. The molecule has 1 saturated heterocycles. The standard InChI is InChI=1S/C25H26N6O8S/c1-38-24-18-22(28-21(29-24)14-7-3-2-4-8-14)31(13-26-18)25-20(34)19(33)17(39-25)11-12-27-40(36,37)30-23(35)15-9-5-6-10-16(15)32/h2-10,13,17,19-20,25,27,32-34H,11-12H2,1H3,(H,30,35)/t17-,19-,20-,25-/m1/s1. The van der Waals surface area contributed by atoms with Crippen LogP contribution in [0, 0.1) is 0 Å². The second-order valence-corrected chi connectivity index (χ2v) is 10.4. The van der Waals surface area contributed by atoms with E-state index in [1.807, 2.05) is 35.1 Å². The maximum atomic E-state index is 12.3. The highest BCUT2D eigenvalue weighted by Gasteiger charge is 2.44. The minimum atomic E-state index is -4.30. The molecule has 1 aliphatic heterocycles. The lowest BCUT2D eigenvalue weighted by molar-refractivity contribution is -0.0363. The van der Waals surface area contributed by atoms with Gasteiger partial charge in [0.2, 0.25) is 5.88 Å². The Morgan fingerprint density at radius 2 is 1.80 bits per heavy atom. The van der Waals surface area contributed by atoms with Crippen LogP contribution in [-0.2, 0) is 14.9 Å². The average Bonchev–Trinajstić information content (AvgIpc) is 3.49. The van der Waals surface area contributed by atoms with E-state index in [-0.39, 0.29) is 30.2 Å². The number of hydrogen-bond acceptors (Lipinski definition) is 11. The van der Waals surface area contributed by atoms with E-state index in [1.165, 1.54) is 42.3 Å². The summed E-state index contributed by atoms with van der Waals surface area (Å²) in [6, 6.07) is 14.7. The number of aliphatic hydroxyl groups is 2. The molecule has 1 amide bonds. The van der Waals surface area contributed by atoms with Crippen LogP contribution in [0.5, 0.6) is 11.6 Å². The second kappa shape index (κ2) is 11.1. The zero-order valence-electron chi connectivity index (χ0n) is 21.1. The number of hydrogen-bond donors (Lipinski definition) is 5. The van der Waals surface area contributed by atoms with Gasteiger partial charge >= 0.3 is 10.2 Å². The normalized spacial score (nSPS) is 21.0. The number of aliphatic hydroxyl groups excluding tert-OH is 2. The van der Waals surface area contributed by atoms with E-state index in [0.717, 1.165) is 5.56 Å². The van der Waals surface area contributed by atoms with Crippen molar-refractivity contribution in [3.05, 3.63) is 66.5 Å². The number of imidazole rings is 1. The number of para-hydroxylation sites is 1. The lowest BCUT2D eigenvalue weighted by atomic mass is 10.1. The number of rotatable bonds is 9. The molecule has 0 radical (unpaired) electrons. The summed E-state index contributed by atoms with van der Waals surface area (Å²) in [5, 5.41) is 31.2. The highest BCUT2D eigenvalue weighted by atomic mass is 32.2. The van der Waals surface area contributed by atoms with Crippen molar-refractivity contribution in [1.29, 1.82) is 0 Å². The number of phenolic OH excluding ortho intramolecular Hbond substituents is 1. The Balaban J connectivity index is 1.29. The lowest BCUT2D eigenvalue weighted by Gasteiger charge is -2.17. The number of ether oxygens (including phenoxy) is 2. The van der Waals surface area contributed by atoms with E-state index < -0.39 is 40.7 Å². The van der Waals surface area contributed by atoms with Crippen LogP contribution in [0.25, 0.3) is 22.6 Å². The van der Waals surface area contributed by atoms with Crippen LogP contribution >= 0.6 is 0 Å². The summed E-state index contributed by atoms with van der Waals surface area (Å²) in [6.07, 6.45) is -3.46. The maximum absolute atomic E-state index is 12.3. The zero-order valence-corrected chi connectivity index (χ0v) is 21.9. The van der Waals surface area contributed by atoms with Gasteiger partial charge in [0.05, 0.1) is 25.1 Å². The number of nitrogens with zero attached hydrogens (tertiary/aromatic N) is 4. The number of carbonyl (C=O) groups excluding carboxylic acids is 1. The van der Waals surface area contributed by atoms with E-state index in [2.05, 4.69) is 19.7 Å². The summed E-state index contributed by atoms with van der Waals surface area (Å²) in [6.45, 7) is -0.233. The van der Waals surface area contributed by atoms with E-state index in [9.17, 15) is 28.5 Å². The van der Waals surface area contributed by atoms with Gasteiger partial charge in [-0.1, -0.05) is 42.5 Å². The third kappa shape index (κ3) is 5.45. The topological polar surface area (TPSA) is 198 Å². The van der Waals surface area contributed by atoms with Crippen LogP contribution < -0.4 is 14.2 Å². The third-order valence-electron chi connectivity index (χ3n) is 6.32. The van der Waals surface area contributed by atoms with Gasteiger partial charge in [-0.3, -0.25) is 9.36 Å². The van der Waals surface area contributed by atoms with Crippen LogP contribution in [-0.4, -0.2) is 81.1 Å². The number of methoxy groups -OCH3 is 1. The molecule has 14 nitrogen and oxygen atoms in total. The number of phenols is 1. The minimum Gasteiger partial charge on any atom is -0.507 e. The molecule has 2 aromatic heterocycles. The highest BCUT2D eigenvalue weighted by molar-refractivity contribution is 7.88. The summed E-state index contributed by atoms with van der Waals surface area (Å²) < 4.78 is 41.4. The molecule has 5 rings (SSSR count). The fraction of sp³-hybridized carbons (Fsp3) is 0.280. The monoisotopic (exact) mass is 570 g/mol. The molecule has 40 heavy (non-hydrogen) atoms. The molecular formula is C25H26N6O8S. The molecule has 0 saturated carbocycles. The van der Waals surface area contributed by atoms with E-state index >= 15 is 0 Å². The van der Waals surface area contributed by atoms with Crippen molar-refractivity contribution in [2.24, 2.45) is 0 Å². The number of aromatic hydroxyl groups is 1. The van der Waals surface area contributed by atoms with Crippen molar-refractivity contribution in [3.8, 4) is 23.0 Å². The van der Waals surface area contributed by atoms with Gasteiger partial charge < -0.3 is 24.8 Å². The van der Waals surface area contributed by atoms with Crippen LogP contribution in [0.2, 0.25) is 0 Å². The molecule has 15 heteroatoms. The number of nitrogens with one attached hydrogen (secondary N) is 2. The molecule has 0 unspecified atom stereocenters. The first-order chi connectivity index (χ1) is 19.2. The van der Waals surface area contributed by atoms with Crippen LogP contribution in [0.4, 0.5) is 0 Å². The summed E-state index contributed by atoms with van der Waals surface area (Å²) >= 11 is 0. The molecule has 0 aliphatic carbocycles. The number of fused-ring (bicyclic) bond motifs is 1. The summed E-state index contributed by atoms with van der Waals surface area (Å²) in [5.74, 6) is -0.815. The molecular weight excluding hydrogens is 544 g/mol. The van der Waals surface area contributed by atoms with Crippen molar-refractivity contribution in [1.82, 2.24) is 29.0 Å². The van der Waals surface area contributed by atoms with E-state index in [0.29, 0.717) is 17.0 Å². The summed E-state index contributed by atoms with van der Waals surface area (Å²) in [5.41, 5.74) is 1.14. The fourth-order valence-electron chi connectivity index (χ4n) is 4.35. The molecule has 1 fully saturated rings. The van der Waals surface area contributed by atoms with Gasteiger partial charge in [0.25, 0.3) is 5.91 Å². The molecule has 3 heterocycles. The Hall–Kier alpha value is -4.15. The van der Waals surface area contributed by atoms with Crippen LogP contribution in [0.1, 0.15) is 23.0 Å². The Morgan fingerprint density at radius 3 is 2.52 bits per heavy atom. The first-order valence-electron chi connectivity index (χ1n) is 12.1.